The Bertz CT molecular complexity index is 1150. The van der Waals surface area contributed by atoms with Crippen LogP contribution in [0.4, 0.5) is 0 Å². The average Bonchev–Trinajstić information content (AvgIpc) is 2.77. The van der Waals surface area contributed by atoms with Crippen LogP contribution in [0.3, 0.4) is 0 Å². The predicted molar refractivity (Wildman–Crippen MR) is 124 cm³/mol. The molecule has 2 atom stereocenters. The number of thioether (sulfide) groups is 1. The zero-order valence-electron chi connectivity index (χ0n) is 18.1. The third-order valence-electron chi connectivity index (χ3n) is 5.60. The smallest absolute Gasteiger partial charge is 0.266 e. The molecule has 0 spiro atoms. The third-order valence-corrected chi connectivity index (χ3v) is 6.53. The normalized spacial score (nSPS) is 18.9. The molecule has 0 bridgehead atoms. The molecule has 7 heteroatoms. The number of para-hydroxylation sites is 1. The van der Waals surface area contributed by atoms with Gasteiger partial charge in [0.05, 0.1) is 29.5 Å². The van der Waals surface area contributed by atoms with Crippen molar-refractivity contribution in [2.24, 2.45) is 11.8 Å². The molecule has 1 aromatic heterocycles. The Balaban J connectivity index is 1.69. The molecular weight excluding hydrogens is 410 g/mol. The Kier molecular flexibility index (Phi) is 6.32. The monoisotopic (exact) mass is 437 g/mol. The molecule has 0 aliphatic carbocycles. The quantitative estimate of drug-likeness (QED) is 0.446. The summed E-state index contributed by atoms with van der Waals surface area (Å²) < 4.78 is 6.91. The van der Waals surface area contributed by atoms with E-state index in [0.29, 0.717) is 39.3 Å². The van der Waals surface area contributed by atoms with Gasteiger partial charge in [0.1, 0.15) is 5.75 Å². The number of piperidine rings is 1. The Hall–Kier alpha value is -2.80. The van der Waals surface area contributed by atoms with Crippen molar-refractivity contribution in [2.75, 3.05) is 26.0 Å². The number of likely N-dealkylation sites (tertiary alicyclic amines) is 1. The molecule has 1 amide bonds. The fourth-order valence-electron chi connectivity index (χ4n) is 4.27. The number of fused-ring (bicyclic) bond motifs is 1. The average molecular weight is 438 g/mol. The van der Waals surface area contributed by atoms with Crippen LogP contribution in [0.25, 0.3) is 16.6 Å². The van der Waals surface area contributed by atoms with E-state index >= 15 is 0 Å². The lowest BCUT2D eigenvalue weighted by Gasteiger charge is -2.35. The highest BCUT2D eigenvalue weighted by Crippen LogP contribution is 2.26. The Labute approximate surface area is 186 Å². The number of amides is 1. The van der Waals surface area contributed by atoms with Crippen LogP contribution in [0.5, 0.6) is 5.75 Å². The van der Waals surface area contributed by atoms with Crippen LogP contribution in [-0.2, 0) is 4.79 Å². The van der Waals surface area contributed by atoms with Crippen LogP contribution >= 0.6 is 11.8 Å². The van der Waals surface area contributed by atoms with Crippen molar-refractivity contribution < 1.29 is 9.53 Å². The first kappa shape index (κ1) is 21.4. The van der Waals surface area contributed by atoms with Crippen molar-refractivity contribution in [2.45, 2.75) is 25.4 Å². The number of carbonyl (C=O) groups is 1. The molecule has 2 heterocycles. The molecule has 162 valence electrons. The summed E-state index contributed by atoms with van der Waals surface area (Å²) in [6.45, 7) is 5.96. The lowest BCUT2D eigenvalue weighted by atomic mass is 9.92. The van der Waals surface area contributed by atoms with Crippen LogP contribution in [-0.4, -0.2) is 46.3 Å². The van der Waals surface area contributed by atoms with Crippen molar-refractivity contribution in [3.63, 3.8) is 0 Å². The standard InChI is InChI=1S/C24H27N3O3S/c1-16-11-17(2)14-26(13-16)22(28)15-31-24-25-21-10-5-4-9-20(21)23(29)27(24)18-7-6-8-19(12-18)30-3/h4-10,12,16-17H,11,13-15H2,1-3H3/t16-,17-/m1/s1. The Morgan fingerprint density at radius 2 is 1.87 bits per heavy atom. The first-order chi connectivity index (χ1) is 15.0. The Morgan fingerprint density at radius 3 is 2.61 bits per heavy atom. The molecule has 4 rings (SSSR count). The summed E-state index contributed by atoms with van der Waals surface area (Å²) in [6, 6.07) is 14.6. The summed E-state index contributed by atoms with van der Waals surface area (Å²) in [4.78, 5) is 33.0. The highest BCUT2D eigenvalue weighted by atomic mass is 32.2. The van der Waals surface area contributed by atoms with Gasteiger partial charge in [0.2, 0.25) is 5.91 Å². The molecule has 0 unspecified atom stereocenters. The van der Waals surface area contributed by atoms with Crippen LogP contribution in [0.15, 0.2) is 58.5 Å². The summed E-state index contributed by atoms with van der Waals surface area (Å²) in [5.74, 6) is 2.00. The maximum atomic E-state index is 13.4. The third kappa shape index (κ3) is 4.61. The second kappa shape index (κ2) is 9.14. The minimum atomic E-state index is -0.158. The number of hydrogen-bond donors (Lipinski definition) is 0. The van der Waals surface area contributed by atoms with Gasteiger partial charge in [-0.25, -0.2) is 4.98 Å². The number of rotatable bonds is 5. The summed E-state index contributed by atoms with van der Waals surface area (Å²) in [5, 5.41) is 1.04. The van der Waals surface area contributed by atoms with E-state index in [0.717, 1.165) is 19.5 Å². The van der Waals surface area contributed by atoms with Crippen LogP contribution in [0.1, 0.15) is 20.3 Å². The molecule has 6 nitrogen and oxygen atoms in total. The van der Waals surface area contributed by atoms with Crippen molar-refractivity contribution in [3.05, 3.63) is 58.9 Å². The maximum Gasteiger partial charge on any atom is 0.266 e. The molecule has 0 saturated carbocycles. The first-order valence-electron chi connectivity index (χ1n) is 10.5. The summed E-state index contributed by atoms with van der Waals surface area (Å²) in [5.41, 5.74) is 1.13. The van der Waals surface area contributed by atoms with Crippen molar-refractivity contribution in [3.8, 4) is 11.4 Å². The first-order valence-corrected chi connectivity index (χ1v) is 11.5. The fourth-order valence-corrected chi connectivity index (χ4v) is 5.19. The molecule has 0 N–H and O–H groups in total. The topological polar surface area (TPSA) is 64.4 Å². The summed E-state index contributed by atoms with van der Waals surface area (Å²) >= 11 is 1.31. The largest absolute Gasteiger partial charge is 0.497 e. The van der Waals surface area contributed by atoms with E-state index in [2.05, 4.69) is 13.8 Å². The van der Waals surface area contributed by atoms with Gasteiger partial charge < -0.3 is 9.64 Å². The molecule has 31 heavy (non-hydrogen) atoms. The molecule has 1 aliphatic heterocycles. The zero-order chi connectivity index (χ0) is 22.0. The van der Waals surface area contributed by atoms with Gasteiger partial charge in [0.15, 0.2) is 5.16 Å². The fraction of sp³-hybridized carbons (Fsp3) is 0.375. The second-order valence-corrected chi connectivity index (χ2v) is 9.23. The SMILES string of the molecule is COc1cccc(-n2c(SCC(=O)N3C[C@H](C)C[C@@H](C)C3)nc3ccccc3c2=O)c1. The number of ether oxygens (including phenoxy) is 1. The number of carbonyl (C=O) groups excluding carboxylic acids is 1. The lowest BCUT2D eigenvalue weighted by molar-refractivity contribution is -0.130. The molecule has 1 aliphatic rings. The number of methoxy groups -OCH3 is 1. The minimum absolute atomic E-state index is 0.0861. The Morgan fingerprint density at radius 1 is 1.13 bits per heavy atom. The van der Waals surface area contributed by atoms with Crippen LogP contribution in [0, 0.1) is 11.8 Å². The van der Waals surface area contributed by atoms with Gasteiger partial charge in [0.25, 0.3) is 5.56 Å². The second-order valence-electron chi connectivity index (χ2n) is 8.29. The van der Waals surface area contributed by atoms with E-state index in [1.54, 1.807) is 23.8 Å². The van der Waals surface area contributed by atoms with Crippen molar-refractivity contribution in [1.82, 2.24) is 14.5 Å². The van der Waals surface area contributed by atoms with Gasteiger partial charge in [0, 0.05) is 19.2 Å². The van der Waals surface area contributed by atoms with Crippen LogP contribution in [0.2, 0.25) is 0 Å². The lowest BCUT2D eigenvalue weighted by Crippen LogP contribution is -2.43. The van der Waals surface area contributed by atoms with Gasteiger partial charge in [-0.2, -0.15) is 0 Å². The van der Waals surface area contributed by atoms with E-state index in [-0.39, 0.29) is 17.2 Å². The number of benzene rings is 2. The number of aromatic nitrogens is 2. The summed E-state index contributed by atoms with van der Waals surface area (Å²) in [6.07, 6.45) is 1.15. The van der Waals surface area contributed by atoms with E-state index in [4.69, 9.17) is 9.72 Å². The molecule has 1 saturated heterocycles. The van der Waals surface area contributed by atoms with E-state index in [1.807, 2.05) is 41.3 Å². The molecular formula is C24H27N3O3S. The van der Waals surface area contributed by atoms with E-state index in [1.165, 1.54) is 11.8 Å². The molecule has 1 fully saturated rings. The molecule has 0 radical (unpaired) electrons. The van der Waals surface area contributed by atoms with Crippen molar-refractivity contribution >= 4 is 28.6 Å². The molecule has 3 aromatic rings. The van der Waals surface area contributed by atoms with Gasteiger partial charge in [-0.1, -0.05) is 43.8 Å². The van der Waals surface area contributed by atoms with Gasteiger partial charge in [-0.05, 0) is 42.5 Å². The van der Waals surface area contributed by atoms with E-state index < -0.39 is 0 Å². The van der Waals surface area contributed by atoms with E-state index in [9.17, 15) is 9.59 Å². The van der Waals surface area contributed by atoms with Gasteiger partial charge in [-0.3, -0.25) is 14.2 Å². The summed E-state index contributed by atoms with van der Waals surface area (Å²) in [7, 11) is 1.59. The number of hydrogen-bond acceptors (Lipinski definition) is 5. The van der Waals surface area contributed by atoms with Gasteiger partial charge >= 0.3 is 0 Å². The highest BCUT2D eigenvalue weighted by molar-refractivity contribution is 7.99. The maximum absolute atomic E-state index is 13.4. The van der Waals surface area contributed by atoms with Crippen molar-refractivity contribution in [1.29, 1.82) is 0 Å². The molecule has 2 aromatic carbocycles. The predicted octanol–water partition coefficient (Wildman–Crippen LogP) is 3.99. The van der Waals surface area contributed by atoms with Gasteiger partial charge in [-0.15, -0.1) is 0 Å². The number of nitrogens with zero attached hydrogens (tertiary/aromatic N) is 3. The minimum Gasteiger partial charge on any atom is -0.497 e. The highest BCUT2D eigenvalue weighted by Gasteiger charge is 2.26. The van der Waals surface area contributed by atoms with Crippen LogP contribution < -0.4 is 10.3 Å². The zero-order valence-corrected chi connectivity index (χ0v) is 18.9.